The smallest absolute Gasteiger partial charge is 0.348 e. The molecule has 8 rings (SSSR count). The van der Waals surface area contributed by atoms with E-state index in [2.05, 4.69) is 5.32 Å². The maximum Gasteiger partial charge on any atom is 0.348 e. The van der Waals surface area contributed by atoms with Crippen LogP contribution in [-0.2, 0) is 67.1 Å². The molecule has 5 fully saturated rings. The van der Waals surface area contributed by atoms with Crippen molar-refractivity contribution in [2.45, 2.75) is 82.0 Å². The molecule has 4 heterocycles. The van der Waals surface area contributed by atoms with Gasteiger partial charge in [-0.25, -0.2) is 9.59 Å². The first-order valence-corrected chi connectivity index (χ1v) is 16.6. The highest BCUT2D eigenvalue weighted by atomic mass is 16.8. The lowest BCUT2D eigenvalue weighted by atomic mass is 9.62. The third-order valence-electron chi connectivity index (χ3n) is 10.6. The predicted molar refractivity (Wildman–Crippen MR) is 168 cm³/mol. The van der Waals surface area contributed by atoms with E-state index in [4.69, 9.17) is 28.5 Å². The summed E-state index contributed by atoms with van der Waals surface area (Å²) < 4.78 is 29.7. The molecule has 1 spiro atoms. The fourth-order valence-electron chi connectivity index (χ4n) is 8.26. The molecule has 0 radical (unpaired) electrons. The van der Waals surface area contributed by atoms with Gasteiger partial charge in [0.1, 0.15) is 36.4 Å². The van der Waals surface area contributed by atoms with Crippen molar-refractivity contribution in [1.82, 2.24) is 10.4 Å². The Labute approximate surface area is 282 Å². The lowest BCUT2D eigenvalue weighted by Gasteiger charge is -2.48. The topological polar surface area (TPSA) is 159 Å². The number of rotatable bonds is 8. The average molecular weight is 675 g/mol. The molecular formula is C36H38N2O11. The van der Waals surface area contributed by atoms with E-state index in [1.807, 2.05) is 36.4 Å². The van der Waals surface area contributed by atoms with Gasteiger partial charge in [0.15, 0.2) is 11.8 Å². The molecule has 2 aromatic carbocycles. The summed E-state index contributed by atoms with van der Waals surface area (Å²) in [6.07, 6.45) is 0.257. The van der Waals surface area contributed by atoms with Crippen LogP contribution in [-0.4, -0.2) is 96.1 Å². The summed E-state index contributed by atoms with van der Waals surface area (Å²) in [7, 11) is 0. The van der Waals surface area contributed by atoms with Gasteiger partial charge < -0.3 is 34.1 Å². The second-order valence-electron chi connectivity index (χ2n) is 14.4. The normalized spacial score (nSPS) is 33.3. The molecule has 4 aliphatic heterocycles. The van der Waals surface area contributed by atoms with Crippen LogP contribution in [0.25, 0.3) is 6.08 Å². The van der Waals surface area contributed by atoms with Crippen LogP contribution in [0.4, 0.5) is 0 Å². The highest BCUT2D eigenvalue weighted by molar-refractivity contribution is 5.93. The van der Waals surface area contributed by atoms with Crippen molar-refractivity contribution in [3.05, 3.63) is 76.9 Å². The van der Waals surface area contributed by atoms with Gasteiger partial charge in [0.2, 0.25) is 12.0 Å². The minimum Gasteiger partial charge on any atom is -0.462 e. The van der Waals surface area contributed by atoms with Crippen molar-refractivity contribution < 1.29 is 52.8 Å². The first-order chi connectivity index (χ1) is 23.5. The molecule has 2 aliphatic carbocycles. The predicted octanol–water partition coefficient (Wildman–Crippen LogP) is 1.38. The van der Waals surface area contributed by atoms with Gasteiger partial charge in [-0.05, 0) is 28.3 Å². The number of amides is 1. The van der Waals surface area contributed by atoms with E-state index in [0.717, 1.165) is 16.7 Å². The van der Waals surface area contributed by atoms with Gasteiger partial charge in [-0.2, -0.15) is 5.06 Å². The second-order valence-corrected chi connectivity index (χ2v) is 14.4. The van der Waals surface area contributed by atoms with Crippen molar-refractivity contribution in [1.29, 1.82) is 0 Å². The molecule has 2 N–H and O–H groups in total. The van der Waals surface area contributed by atoms with Crippen molar-refractivity contribution >= 4 is 29.9 Å². The summed E-state index contributed by atoms with van der Waals surface area (Å²) in [6, 6.07) is 14.2. The van der Waals surface area contributed by atoms with Crippen molar-refractivity contribution in [2.24, 2.45) is 10.8 Å². The van der Waals surface area contributed by atoms with Gasteiger partial charge >= 0.3 is 17.9 Å². The molecule has 6 aliphatic rings. The number of aliphatic hydroxyl groups excluding tert-OH is 1. The number of fused-ring (bicyclic) bond motifs is 5. The standard InChI is InChI=1S/C36H38N2O11/c1-34(2)19-44-32(42)30(34)46-25(40)12-11-20-7-9-21(10-8-20)18-38-28-31(41)45-24-17-36(28,33(43)37-13-14-39)29(49-38)27-26(24)47-35(48-27)15-22-5-3-4-6-23(22)16-35/h3-12,24,26-30,39H,13-19H2,1-2H3,(H,37,43)/t24-,26+,27+,28+,29-,30+,36+/m1/s1. The Hall–Kier alpha value is -4.14. The van der Waals surface area contributed by atoms with E-state index in [-0.39, 0.29) is 32.7 Å². The number of ether oxygens (including phenoxy) is 5. The van der Waals surface area contributed by atoms with Crippen molar-refractivity contribution in [3.63, 3.8) is 0 Å². The zero-order chi connectivity index (χ0) is 34.1. The summed E-state index contributed by atoms with van der Waals surface area (Å²) in [5, 5.41) is 13.8. The van der Waals surface area contributed by atoms with Crippen LogP contribution in [0.3, 0.4) is 0 Å². The third-order valence-corrected chi connectivity index (χ3v) is 10.6. The molecule has 1 amide bonds. The Balaban J connectivity index is 1.02. The first kappa shape index (κ1) is 32.1. The molecule has 2 aromatic rings. The first-order valence-electron chi connectivity index (χ1n) is 16.6. The fourth-order valence-corrected chi connectivity index (χ4v) is 8.26. The van der Waals surface area contributed by atoms with Crippen LogP contribution in [0.1, 0.15) is 42.5 Å². The molecular weight excluding hydrogens is 636 g/mol. The van der Waals surface area contributed by atoms with Gasteiger partial charge in [0.05, 0.1) is 13.2 Å². The Morgan fingerprint density at radius 2 is 1.73 bits per heavy atom. The number of benzene rings is 2. The van der Waals surface area contributed by atoms with E-state index < -0.39 is 77.0 Å². The largest absolute Gasteiger partial charge is 0.462 e. The van der Waals surface area contributed by atoms with Gasteiger partial charge in [0, 0.05) is 37.3 Å². The number of nitrogens with one attached hydrogen (secondary N) is 1. The fraction of sp³-hybridized carbons (Fsp3) is 0.500. The summed E-state index contributed by atoms with van der Waals surface area (Å²) in [4.78, 5) is 58.8. The number of nitrogens with zero attached hydrogens (tertiary/aromatic N) is 1. The van der Waals surface area contributed by atoms with Crippen LogP contribution < -0.4 is 5.32 Å². The summed E-state index contributed by atoms with van der Waals surface area (Å²) in [5.41, 5.74) is 1.79. The van der Waals surface area contributed by atoms with Crippen LogP contribution in [0.2, 0.25) is 0 Å². The van der Waals surface area contributed by atoms with Gasteiger partial charge in [-0.15, -0.1) is 0 Å². The van der Waals surface area contributed by atoms with Crippen LogP contribution >= 0.6 is 0 Å². The SMILES string of the molecule is CC1(C)COC(=O)[C@@H]1OC(=O)C=Cc1ccc(CN2O[C@@H]3[C@H]4OC5(Cc6ccccc6C5)O[C@H]4[C@H]4C[C@]3(C(=O)NCCO)[C@@H]2C(=O)O4)cc1. The minimum absolute atomic E-state index is 0.0233. The number of hydrogen-bond acceptors (Lipinski definition) is 12. The number of carbonyl (C=O) groups is 4. The van der Waals surface area contributed by atoms with E-state index >= 15 is 0 Å². The molecule has 7 atom stereocenters. The summed E-state index contributed by atoms with van der Waals surface area (Å²) >= 11 is 0. The van der Waals surface area contributed by atoms with Crippen LogP contribution in [0.5, 0.6) is 0 Å². The van der Waals surface area contributed by atoms with Crippen molar-refractivity contribution in [2.75, 3.05) is 19.8 Å². The lowest BCUT2D eigenvalue weighted by molar-refractivity contribution is -0.217. The van der Waals surface area contributed by atoms with E-state index in [1.165, 1.54) is 11.1 Å². The number of carbonyl (C=O) groups excluding carboxylic acids is 4. The van der Waals surface area contributed by atoms with E-state index in [0.29, 0.717) is 18.4 Å². The minimum atomic E-state index is -1.33. The average Bonchev–Trinajstić information content (AvgIpc) is 3.81. The number of cyclic esters (lactones) is 1. The molecule has 49 heavy (non-hydrogen) atoms. The molecule has 1 saturated carbocycles. The Morgan fingerprint density at radius 3 is 2.41 bits per heavy atom. The van der Waals surface area contributed by atoms with Gasteiger partial charge in [-0.1, -0.05) is 62.4 Å². The number of aliphatic hydroxyl groups is 1. The quantitative estimate of drug-likeness (QED) is 0.236. The number of hydrogen-bond donors (Lipinski definition) is 2. The molecule has 0 aromatic heterocycles. The molecule has 13 nitrogen and oxygen atoms in total. The summed E-state index contributed by atoms with van der Waals surface area (Å²) in [6.45, 7) is 3.69. The zero-order valence-corrected chi connectivity index (χ0v) is 27.2. The molecule has 0 unspecified atom stereocenters. The highest BCUT2D eigenvalue weighted by Crippen LogP contribution is 2.58. The van der Waals surface area contributed by atoms with Crippen molar-refractivity contribution in [3.8, 4) is 0 Å². The lowest BCUT2D eigenvalue weighted by Crippen LogP contribution is -2.69. The number of esters is 3. The van der Waals surface area contributed by atoms with E-state index in [9.17, 15) is 24.3 Å². The number of hydroxylamine groups is 2. The Kier molecular flexibility index (Phi) is 7.68. The van der Waals surface area contributed by atoms with Crippen LogP contribution in [0, 0.1) is 10.8 Å². The monoisotopic (exact) mass is 674 g/mol. The van der Waals surface area contributed by atoms with Gasteiger partial charge in [-0.3, -0.25) is 14.4 Å². The molecule has 13 heteroatoms. The molecule has 258 valence electrons. The zero-order valence-electron chi connectivity index (χ0n) is 27.2. The van der Waals surface area contributed by atoms with Gasteiger partial charge in [0.25, 0.3) is 0 Å². The second kappa shape index (κ2) is 11.7. The molecule has 4 saturated heterocycles. The summed E-state index contributed by atoms with van der Waals surface area (Å²) in [5.74, 6) is -3.16. The highest BCUT2D eigenvalue weighted by Gasteiger charge is 2.76. The third kappa shape index (κ3) is 5.26. The van der Waals surface area contributed by atoms with E-state index in [1.54, 1.807) is 32.1 Å². The Morgan fingerprint density at radius 1 is 1.02 bits per heavy atom. The maximum atomic E-state index is 14.0. The maximum absolute atomic E-state index is 14.0. The Bertz CT molecular complexity index is 1700. The molecule has 2 bridgehead atoms. The van der Waals surface area contributed by atoms with Crippen LogP contribution in [0.15, 0.2) is 54.6 Å².